The zero-order chi connectivity index (χ0) is 9.47. The molecule has 2 heterocycles. The second-order valence-electron chi connectivity index (χ2n) is 4.23. The predicted molar refractivity (Wildman–Crippen MR) is 49.3 cm³/mol. The summed E-state index contributed by atoms with van der Waals surface area (Å²) in [7, 11) is 0. The Morgan fingerprint density at radius 3 is 2.92 bits per heavy atom. The van der Waals surface area contributed by atoms with Crippen molar-refractivity contribution in [3.8, 4) is 0 Å². The normalized spacial score (nSPS) is 42.2. The van der Waals surface area contributed by atoms with Crippen LogP contribution in [0.25, 0.3) is 0 Å². The summed E-state index contributed by atoms with van der Waals surface area (Å²) in [6, 6.07) is 0.372. The highest BCUT2D eigenvalue weighted by atomic mass is 16.8. The summed E-state index contributed by atoms with van der Waals surface area (Å²) in [6.07, 6.45) is 1.37. The molecule has 0 saturated carbocycles. The van der Waals surface area contributed by atoms with Gasteiger partial charge in [-0.25, -0.2) is 0 Å². The van der Waals surface area contributed by atoms with Crippen LogP contribution in [-0.4, -0.2) is 37.1 Å². The van der Waals surface area contributed by atoms with Crippen LogP contribution in [0.2, 0.25) is 0 Å². The molecule has 0 aromatic heterocycles. The van der Waals surface area contributed by atoms with Gasteiger partial charge in [-0.3, -0.25) is 0 Å². The molecule has 3 atom stereocenters. The lowest BCUT2D eigenvalue weighted by Crippen LogP contribution is -2.36. The number of fused-ring (bicyclic) bond motifs is 1. The van der Waals surface area contributed by atoms with Crippen molar-refractivity contribution in [2.75, 3.05) is 13.1 Å². The third kappa shape index (κ3) is 1.72. The van der Waals surface area contributed by atoms with E-state index >= 15 is 0 Å². The Morgan fingerprint density at radius 1 is 1.46 bits per heavy atom. The molecule has 4 heteroatoms. The fourth-order valence-electron chi connectivity index (χ4n) is 2.19. The van der Waals surface area contributed by atoms with Crippen molar-refractivity contribution in [2.45, 2.75) is 44.3 Å². The van der Waals surface area contributed by atoms with Crippen LogP contribution in [0.15, 0.2) is 0 Å². The van der Waals surface area contributed by atoms with E-state index in [2.05, 4.69) is 5.32 Å². The van der Waals surface area contributed by atoms with Crippen molar-refractivity contribution in [1.82, 2.24) is 5.32 Å². The molecule has 2 aliphatic heterocycles. The average Bonchev–Trinajstić information content (AvgIpc) is 2.48. The van der Waals surface area contributed by atoms with E-state index in [1.807, 2.05) is 13.8 Å². The van der Waals surface area contributed by atoms with Gasteiger partial charge in [0.15, 0.2) is 5.79 Å². The Labute approximate surface area is 78.8 Å². The third-order valence-electron chi connectivity index (χ3n) is 2.68. The molecular weight excluding hydrogens is 168 g/mol. The van der Waals surface area contributed by atoms with E-state index in [1.165, 1.54) is 0 Å². The summed E-state index contributed by atoms with van der Waals surface area (Å²) in [4.78, 5) is 0. The van der Waals surface area contributed by atoms with Gasteiger partial charge in [-0.2, -0.15) is 0 Å². The van der Waals surface area contributed by atoms with Crippen molar-refractivity contribution in [3.05, 3.63) is 0 Å². The van der Waals surface area contributed by atoms with Crippen LogP contribution in [0.3, 0.4) is 0 Å². The summed E-state index contributed by atoms with van der Waals surface area (Å²) >= 11 is 0. The molecule has 76 valence electrons. The quantitative estimate of drug-likeness (QED) is 0.628. The van der Waals surface area contributed by atoms with Crippen molar-refractivity contribution < 1.29 is 9.47 Å². The lowest BCUT2D eigenvalue weighted by molar-refractivity contribution is -0.152. The Bertz CT molecular complexity index is 194. The van der Waals surface area contributed by atoms with Gasteiger partial charge in [-0.05, 0) is 26.8 Å². The van der Waals surface area contributed by atoms with Crippen LogP contribution in [0.1, 0.15) is 20.3 Å². The average molecular weight is 186 g/mol. The molecule has 2 aliphatic rings. The first-order valence-electron chi connectivity index (χ1n) is 4.91. The molecule has 0 aromatic rings. The van der Waals surface area contributed by atoms with Crippen LogP contribution >= 0.6 is 0 Å². The smallest absolute Gasteiger partial charge is 0.163 e. The van der Waals surface area contributed by atoms with E-state index in [-0.39, 0.29) is 12.2 Å². The number of rotatable bonds is 2. The molecule has 0 unspecified atom stereocenters. The maximum Gasteiger partial charge on any atom is 0.163 e. The standard InChI is InChI=1S/C9H18N2O2/c1-9(2)12-7-5-11-6(3-4-10)8(7)13-9/h6-8,11H,3-5,10H2,1-2H3/t6-,7-,8+/m0/s1. The minimum atomic E-state index is -0.412. The molecule has 0 radical (unpaired) electrons. The molecule has 0 aliphatic carbocycles. The Hall–Kier alpha value is -0.160. The van der Waals surface area contributed by atoms with Crippen molar-refractivity contribution in [1.29, 1.82) is 0 Å². The summed E-state index contributed by atoms with van der Waals surface area (Å²) in [5.41, 5.74) is 5.52. The summed E-state index contributed by atoms with van der Waals surface area (Å²) < 4.78 is 11.5. The monoisotopic (exact) mass is 186 g/mol. The fourth-order valence-corrected chi connectivity index (χ4v) is 2.19. The minimum Gasteiger partial charge on any atom is -0.343 e. The molecule has 0 bridgehead atoms. The largest absolute Gasteiger partial charge is 0.343 e. The summed E-state index contributed by atoms with van der Waals surface area (Å²) in [5.74, 6) is -0.412. The molecule has 2 saturated heterocycles. The molecule has 2 fully saturated rings. The van der Waals surface area contributed by atoms with Crippen molar-refractivity contribution >= 4 is 0 Å². The van der Waals surface area contributed by atoms with Gasteiger partial charge in [0.1, 0.15) is 12.2 Å². The van der Waals surface area contributed by atoms with E-state index in [0.717, 1.165) is 13.0 Å². The first-order valence-corrected chi connectivity index (χ1v) is 4.91. The van der Waals surface area contributed by atoms with Crippen LogP contribution in [-0.2, 0) is 9.47 Å². The number of ether oxygens (including phenoxy) is 2. The molecular formula is C9H18N2O2. The molecule has 0 spiro atoms. The van der Waals surface area contributed by atoms with Gasteiger partial charge >= 0.3 is 0 Å². The zero-order valence-electron chi connectivity index (χ0n) is 8.25. The molecule has 3 N–H and O–H groups in total. The fraction of sp³-hybridized carbons (Fsp3) is 1.00. The first kappa shape index (κ1) is 9.40. The molecule has 4 nitrogen and oxygen atoms in total. The van der Waals surface area contributed by atoms with Crippen LogP contribution in [0.5, 0.6) is 0 Å². The lowest BCUT2D eigenvalue weighted by atomic mass is 10.1. The van der Waals surface area contributed by atoms with Crippen LogP contribution < -0.4 is 11.1 Å². The Morgan fingerprint density at radius 2 is 2.23 bits per heavy atom. The molecule has 13 heavy (non-hydrogen) atoms. The number of hydrogen-bond acceptors (Lipinski definition) is 4. The minimum absolute atomic E-state index is 0.193. The third-order valence-corrected chi connectivity index (χ3v) is 2.68. The maximum atomic E-state index is 5.80. The number of nitrogens with one attached hydrogen (secondary N) is 1. The second-order valence-corrected chi connectivity index (χ2v) is 4.23. The van der Waals surface area contributed by atoms with Gasteiger partial charge in [0.25, 0.3) is 0 Å². The van der Waals surface area contributed by atoms with E-state index in [1.54, 1.807) is 0 Å². The van der Waals surface area contributed by atoms with Crippen molar-refractivity contribution in [2.24, 2.45) is 5.73 Å². The topological polar surface area (TPSA) is 56.5 Å². The summed E-state index contributed by atoms with van der Waals surface area (Å²) in [5, 5.41) is 3.37. The zero-order valence-corrected chi connectivity index (χ0v) is 8.25. The van der Waals surface area contributed by atoms with Gasteiger partial charge in [0.2, 0.25) is 0 Å². The predicted octanol–water partition coefficient (Wildman–Crippen LogP) is -0.173. The SMILES string of the molecule is CC1(C)O[C@@H]2[C@H](CCN)NC[C@@H]2O1. The molecule has 2 rings (SSSR count). The van der Waals surface area contributed by atoms with E-state index in [4.69, 9.17) is 15.2 Å². The number of hydrogen-bond donors (Lipinski definition) is 2. The highest BCUT2D eigenvalue weighted by Crippen LogP contribution is 2.33. The summed E-state index contributed by atoms with van der Waals surface area (Å²) in [6.45, 7) is 5.51. The van der Waals surface area contributed by atoms with E-state index in [0.29, 0.717) is 12.6 Å². The second kappa shape index (κ2) is 3.20. The van der Waals surface area contributed by atoms with Gasteiger partial charge < -0.3 is 20.5 Å². The Balaban J connectivity index is 1.99. The first-order chi connectivity index (χ1) is 6.12. The highest BCUT2D eigenvalue weighted by Gasteiger charge is 2.48. The van der Waals surface area contributed by atoms with Gasteiger partial charge in [0.05, 0.1) is 0 Å². The van der Waals surface area contributed by atoms with Gasteiger partial charge in [0, 0.05) is 12.6 Å². The number of nitrogens with two attached hydrogens (primary N) is 1. The van der Waals surface area contributed by atoms with Crippen LogP contribution in [0.4, 0.5) is 0 Å². The lowest BCUT2D eigenvalue weighted by Gasteiger charge is -2.21. The Kier molecular flexibility index (Phi) is 2.32. The van der Waals surface area contributed by atoms with Gasteiger partial charge in [-0.15, -0.1) is 0 Å². The van der Waals surface area contributed by atoms with E-state index in [9.17, 15) is 0 Å². The van der Waals surface area contributed by atoms with Gasteiger partial charge in [-0.1, -0.05) is 0 Å². The van der Waals surface area contributed by atoms with E-state index < -0.39 is 5.79 Å². The van der Waals surface area contributed by atoms with Crippen molar-refractivity contribution in [3.63, 3.8) is 0 Å². The molecule has 0 amide bonds. The maximum absolute atomic E-state index is 5.80. The highest BCUT2D eigenvalue weighted by molar-refractivity contribution is 4.97. The molecule has 0 aromatic carbocycles. The van der Waals surface area contributed by atoms with Crippen LogP contribution in [0, 0.1) is 0 Å².